The van der Waals surface area contributed by atoms with Gasteiger partial charge >= 0.3 is 0 Å². The first-order valence-electron chi connectivity index (χ1n) is 11.4. The first kappa shape index (κ1) is 21.2. The van der Waals surface area contributed by atoms with Crippen LogP contribution in [0.4, 0.5) is 0 Å². The Morgan fingerprint density at radius 2 is 1.00 bits per heavy atom. The Kier molecular flexibility index (Phi) is 5.53. The second kappa shape index (κ2) is 9.13. The summed E-state index contributed by atoms with van der Waals surface area (Å²) in [6, 6.07) is 41.5. The lowest BCUT2D eigenvalue weighted by atomic mass is 9.93. The van der Waals surface area contributed by atoms with E-state index in [0.717, 1.165) is 33.4 Å². The van der Waals surface area contributed by atoms with Crippen LogP contribution in [0.3, 0.4) is 0 Å². The van der Waals surface area contributed by atoms with E-state index in [1.807, 2.05) is 48.5 Å². The molecule has 1 aromatic heterocycles. The van der Waals surface area contributed by atoms with Crippen LogP contribution in [0.1, 0.15) is 0 Å². The number of halogens is 1. The van der Waals surface area contributed by atoms with Crippen molar-refractivity contribution in [3.8, 4) is 45.0 Å². The second-order valence-corrected chi connectivity index (χ2v) is 8.65. The van der Waals surface area contributed by atoms with Crippen LogP contribution in [0.2, 0.25) is 5.28 Å². The van der Waals surface area contributed by atoms with Gasteiger partial charge in [0.2, 0.25) is 5.28 Å². The Bertz CT molecular complexity index is 1640. The Labute approximate surface area is 208 Å². The third kappa shape index (κ3) is 4.30. The van der Waals surface area contributed by atoms with Crippen LogP contribution in [-0.2, 0) is 0 Å². The fourth-order valence-electron chi connectivity index (χ4n) is 4.38. The molecule has 0 aliphatic rings. The predicted molar refractivity (Wildman–Crippen MR) is 144 cm³/mol. The monoisotopic (exact) mass is 469 g/mol. The van der Waals surface area contributed by atoms with Crippen molar-refractivity contribution in [2.75, 3.05) is 0 Å². The average Bonchev–Trinajstić information content (AvgIpc) is 2.93. The third-order valence-corrected chi connectivity index (χ3v) is 6.21. The summed E-state index contributed by atoms with van der Waals surface area (Å²) in [5, 5.41) is 2.57. The maximum absolute atomic E-state index is 6.38. The Morgan fingerprint density at radius 1 is 0.429 bits per heavy atom. The highest BCUT2D eigenvalue weighted by molar-refractivity contribution is 6.28. The molecule has 6 rings (SSSR count). The van der Waals surface area contributed by atoms with E-state index in [0.29, 0.717) is 11.6 Å². The Hall–Kier alpha value is -4.34. The highest BCUT2D eigenvalue weighted by atomic mass is 35.5. The molecule has 3 nitrogen and oxygen atoms in total. The van der Waals surface area contributed by atoms with E-state index in [4.69, 9.17) is 16.6 Å². The van der Waals surface area contributed by atoms with E-state index in [-0.39, 0.29) is 5.28 Å². The van der Waals surface area contributed by atoms with Crippen LogP contribution in [-0.4, -0.2) is 15.0 Å². The molecule has 0 aliphatic carbocycles. The number of fused-ring (bicyclic) bond motifs is 1. The molecule has 4 heteroatoms. The number of nitrogens with zero attached hydrogens (tertiary/aromatic N) is 3. The zero-order valence-corrected chi connectivity index (χ0v) is 19.5. The smallest absolute Gasteiger partial charge is 0.208 e. The van der Waals surface area contributed by atoms with E-state index in [2.05, 4.69) is 82.8 Å². The zero-order chi connectivity index (χ0) is 23.6. The Morgan fingerprint density at radius 3 is 1.77 bits per heavy atom. The van der Waals surface area contributed by atoms with Crippen LogP contribution < -0.4 is 0 Å². The predicted octanol–water partition coefficient (Wildman–Crippen LogP) is 8.35. The van der Waals surface area contributed by atoms with Crippen molar-refractivity contribution in [3.05, 3.63) is 127 Å². The van der Waals surface area contributed by atoms with Gasteiger partial charge in [0.25, 0.3) is 0 Å². The van der Waals surface area contributed by atoms with Gasteiger partial charge < -0.3 is 0 Å². The van der Waals surface area contributed by atoms with E-state index in [1.165, 1.54) is 10.8 Å². The van der Waals surface area contributed by atoms with E-state index >= 15 is 0 Å². The maximum Gasteiger partial charge on any atom is 0.226 e. The summed E-state index contributed by atoms with van der Waals surface area (Å²) in [5.74, 6) is 1.10. The van der Waals surface area contributed by atoms with Gasteiger partial charge in [-0.25, -0.2) is 4.98 Å². The Balaban J connectivity index is 1.58. The molecule has 6 aromatic rings. The minimum atomic E-state index is 0.172. The number of benzene rings is 5. The van der Waals surface area contributed by atoms with Crippen molar-refractivity contribution < 1.29 is 0 Å². The highest BCUT2D eigenvalue weighted by Gasteiger charge is 2.14. The van der Waals surface area contributed by atoms with Crippen molar-refractivity contribution in [1.29, 1.82) is 0 Å². The SMILES string of the molecule is Clc1nc(-c2ccccc2)nc(-c2cc(-c3ccccc3)cc(-c3cccc4ccccc34)c2)n1. The summed E-state index contributed by atoms with van der Waals surface area (Å²) in [5.41, 5.74) is 6.24. The van der Waals surface area contributed by atoms with E-state index in [1.54, 1.807) is 0 Å². The number of rotatable bonds is 4. The van der Waals surface area contributed by atoms with Gasteiger partial charge in [-0.05, 0) is 62.8 Å². The molecule has 0 N–H and O–H groups in total. The maximum atomic E-state index is 6.38. The fraction of sp³-hybridized carbons (Fsp3) is 0. The normalized spacial score (nSPS) is 11.0. The molecule has 0 bridgehead atoms. The zero-order valence-electron chi connectivity index (χ0n) is 18.8. The molecule has 0 fully saturated rings. The molecular weight excluding hydrogens is 450 g/mol. The molecule has 0 saturated carbocycles. The minimum absolute atomic E-state index is 0.172. The number of hydrogen-bond acceptors (Lipinski definition) is 3. The molecule has 166 valence electrons. The molecular formula is C31H20ClN3. The van der Waals surface area contributed by atoms with Crippen LogP contribution in [0.5, 0.6) is 0 Å². The quantitative estimate of drug-likeness (QED) is 0.260. The fourth-order valence-corrected chi connectivity index (χ4v) is 4.54. The average molecular weight is 470 g/mol. The molecule has 0 atom stereocenters. The molecule has 0 amide bonds. The van der Waals surface area contributed by atoms with Crippen LogP contribution in [0, 0.1) is 0 Å². The highest BCUT2D eigenvalue weighted by Crippen LogP contribution is 2.35. The molecule has 0 saturated heterocycles. The summed E-state index contributed by atoms with van der Waals surface area (Å²) in [7, 11) is 0. The van der Waals surface area contributed by atoms with E-state index in [9.17, 15) is 0 Å². The van der Waals surface area contributed by atoms with Gasteiger partial charge in [0.1, 0.15) is 0 Å². The van der Waals surface area contributed by atoms with Gasteiger partial charge in [-0.3, -0.25) is 0 Å². The van der Waals surface area contributed by atoms with Gasteiger partial charge in [0.15, 0.2) is 11.6 Å². The largest absolute Gasteiger partial charge is 0.226 e. The van der Waals surface area contributed by atoms with Gasteiger partial charge in [-0.2, -0.15) is 9.97 Å². The third-order valence-electron chi connectivity index (χ3n) is 6.04. The lowest BCUT2D eigenvalue weighted by Crippen LogP contribution is -1.98. The van der Waals surface area contributed by atoms with Crippen LogP contribution in [0.25, 0.3) is 55.8 Å². The lowest BCUT2D eigenvalue weighted by molar-refractivity contribution is 1.07. The van der Waals surface area contributed by atoms with E-state index < -0.39 is 0 Å². The van der Waals surface area contributed by atoms with Crippen molar-refractivity contribution >= 4 is 22.4 Å². The molecule has 0 spiro atoms. The summed E-state index contributed by atoms with van der Waals surface area (Å²) in [4.78, 5) is 13.7. The van der Waals surface area contributed by atoms with Crippen LogP contribution in [0.15, 0.2) is 121 Å². The standard InChI is InChI=1S/C31H20ClN3/c32-31-34-29(23-13-5-2-6-14-23)33-30(35-31)26-19-24(21-10-3-1-4-11-21)18-25(20-26)28-17-9-15-22-12-7-8-16-27(22)28/h1-20H. The van der Waals surface area contributed by atoms with Gasteiger partial charge in [0.05, 0.1) is 0 Å². The van der Waals surface area contributed by atoms with Crippen molar-refractivity contribution in [2.24, 2.45) is 0 Å². The first-order chi connectivity index (χ1) is 17.2. The molecule has 0 aliphatic heterocycles. The number of aromatic nitrogens is 3. The van der Waals surface area contributed by atoms with Crippen molar-refractivity contribution in [3.63, 3.8) is 0 Å². The molecule has 0 radical (unpaired) electrons. The minimum Gasteiger partial charge on any atom is -0.208 e. The summed E-state index contributed by atoms with van der Waals surface area (Å²) in [6.45, 7) is 0. The first-order valence-corrected chi connectivity index (χ1v) is 11.8. The molecule has 35 heavy (non-hydrogen) atoms. The van der Waals surface area contributed by atoms with Gasteiger partial charge in [-0.15, -0.1) is 0 Å². The molecule has 0 unspecified atom stereocenters. The second-order valence-electron chi connectivity index (χ2n) is 8.31. The van der Waals surface area contributed by atoms with Gasteiger partial charge in [-0.1, -0.05) is 103 Å². The lowest BCUT2D eigenvalue weighted by Gasteiger charge is -2.13. The van der Waals surface area contributed by atoms with Crippen molar-refractivity contribution in [1.82, 2.24) is 15.0 Å². The number of hydrogen-bond donors (Lipinski definition) is 0. The summed E-state index contributed by atoms with van der Waals surface area (Å²) < 4.78 is 0. The summed E-state index contributed by atoms with van der Waals surface area (Å²) in [6.07, 6.45) is 0. The molecule has 5 aromatic carbocycles. The van der Waals surface area contributed by atoms with Crippen molar-refractivity contribution in [2.45, 2.75) is 0 Å². The topological polar surface area (TPSA) is 38.7 Å². The van der Waals surface area contributed by atoms with Crippen LogP contribution >= 0.6 is 11.6 Å². The van der Waals surface area contributed by atoms with Gasteiger partial charge in [0, 0.05) is 11.1 Å². The molecule has 1 heterocycles. The summed E-state index contributed by atoms with van der Waals surface area (Å²) >= 11 is 6.38.